The molecule has 15 heteroatoms. The van der Waals surface area contributed by atoms with E-state index in [2.05, 4.69) is 54.6 Å². The number of benzene rings is 14. The summed E-state index contributed by atoms with van der Waals surface area (Å²) in [6, 6.07) is 120. The molecule has 15 nitrogen and oxygen atoms in total. The highest BCUT2D eigenvalue weighted by atomic mass is 16.5. The summed E-state index contributed by atoms with van der Waals surface area (Å²) in [5.41, 5.74) is 17.2. The number of nitrogens with zero attached hydrogens (tertiary/aromatic N) is 13. The largest absolute Gasteiger partial charge is 0.457 e. The van der Waals surface area contributed by atoms with E-state index in [9.17, 15) is 5.26 Å². The van der Waals surface area contributed by atoms with Crippen molar-refractivity contribution >= 4 is 21.9 Å². The SMILES string of the molecule is N#Cc1cc(-c2ccc(-c3nc(-c4ccccc4)nc(-c4ccc5oc6c(-c7nc(-c8ccccc8)nc(-c8ccc(-c9ccccc9)cc8)n7)cccc6c5c4)n3)cc2)ccc1-c1ccc(-c2nc(-c3ccccc3)nc(-c3ccccc3Oc3ccc(-c4nc(-c5ccccc5)nc(-c5ccccc5)n4)cc3)n2)cc1. The lowest BCUT2D eigenvalue weighted by atomic mass is 9.94. The number of aromatic nitrogens is 12. The molecule has 19 rings (SSSR count). The van der Waals surface area contributed by atoms with Gasteiger partial charge >= 0.3 is 0 Å². The van der Waals surface area contributed by atoms with Gasteiger partial charge < -0.3 is 9.15 Å². The first kappa shape index (κ1) is 66.9. The Morgan fingerprint density at radius 2 is 0.518 bits per heavy atom. The quantitative estimate of drug-likeness (QED) is 0.0833. The van der Waals surface area contributed by atoms with Crippen LogP contribution in [0.2, 0.25) is 0 Å². The molecule has 0 aliphatic heterocycles. The minimum absolute atomic E-state index is 0.430. The lowest BCUT2D eigenvalue weighted by Crippen LogP contribution is -2.01. The average Bonchev–Trinajstić information content (AvgIpc) is 1.58. The molecule has 0 saturated carbocycles. The van der Waals surface area contributed by atoms with E-state index in [1.54, 1.807) is 0 Å². The highest BCUT2D eigenvalue weighted by Gasteiger charge is 2.23. The van der Waals surface area contributed by atoms with Gasteiger partial charge in [0.05, 0.1) is 22.8 Å². The highest BCUT2D eigenvalue weighted by molar-refractivity contribution is 6.10. The second-order valence-electron chi connectivity index (χ2n) is 26.6. The normalized spacial score (nSPS) is 11.2. The molecular weight excluding hydrogens is 1380 g/mol. The molecule has 112 heavy (non-hydrogen) atoms. The summed E-state index contributed by atoms with van der Waals surface area (Å²) in [7, 11) is 0. The van der Waals surface area contributed by atoms with Crippen LogP contribution in [-0.2, 0) is 0 Å². The van der Waals surface area contributed by atoms with Gasteiger partial charge in [0, 0.05) is 66.4 Å². The maximum absolute atomic E-state index is 10.8. The van der Waals surface area contributed by atoms with Crippen molar-refractivity contribution in [1.29, 1.82) is 5.26 Å². The van der Waals surface area contributed by atoms with Crippen molar-refractivity contribution in [2.45, 2.75) is 0 Å². The van der Waals surface area contributed by atoms with E-state index < -0.39 is 0 Å². The van der Waals surface area contributed by atoms with Gasteiger partial charge in [-0.25, -0.2) is 59.8 Å². The van der Waals surface area contributed by atoms with Crippen molar-refractivity contribution in [3.63, 3.8) is 0 Å². The van der Waals surface area contributed by atoms with Gasteiger partial charge in [-0.3, -0.25) is 0 Å². The van der Waals surface area contributed by atoms with Gasteiger partial charge in [0.2, 0.25) is 0 Å². The smallest absolute Gasteiger partial charge is 0.167 e. The molecule has 0 fully saturated rings. The summed E-state index contributed by atoms with van der Waals surface area (Å²) in [5, 5.41) is 12.6. The van der Waals surface area contributed by atoms with E-state index in [0.717, 1.165) is 105 Å². The van der Waals surface area contributed by atoms with Crippen LogP contribution in [0.4, 0.5) is 0 Å². The summed E-state index contributed by atoms with van der Waals surface area (Å²) in [4.78, 5) is 60.5. The second-order valence-corrected chi connectivity index (χ2v) is 26.6. The molecule has 0 N–H and O–H groups in total. The Hall–Kier alpha value is -15.8. The molecule has 0 aliphatic carbocycles. The first-order chi connectivity index (χ1) is 55.4. The molecule has 0 radical (unpaired) electrons. The standard InChI is InChI=1S/C97H59N13O2/c98-60-76-58-74(52-56-78(76)64-42-48-72(49-43-64)93-103-89(68-30-15-5-16-31-68)107-96(108-93)80-34-19-20-37-83(80)111-77-54-50-73(51-55-77)92-100-86(65-24-9-2-10-25-65)99-87(101-92)66-26-11-3-12-27-66)63-40-46-70(47-41-63)91-102-88(67-28-13-4-14-29-67)105-95(106-91)75-53-57-84-82(59-75)79-35-21-36-81(85(79)112-84)97-109-90(69-32-17-6-18-33-69)104-94(110-97)71-44-38-62(39-45-71)61-22-7-1-8-23-61/h1-59H. The van der Waals surface area contributed by atoms with Gasteiger partial charge in [-0.05, 0) is 100 Å². The van der Waals surface area contributed by atoms with E-state index in [0.29, 0.717) is 104 Å². The number of ether oxygens (including phenoxy) is 1. The molecular formula is C97H59N13O2. The van der Waals surface area contributed by atoms with Crippen molar-refractivity contribution in [1.82, 2.24) is 59.8 Å². The first-order valence-corrected chi connectivity index (χ1v) is 36.5. The lowest BCUT2D eigenvalue weighted by Gasteiger charge is -2.13. The van der Waals surface area contributed by atoms with Crippen LogP contribution in [0.1, 0.15) is 5.56 Å². The third-order valence-electron chi connectivity index (χ3n) is 19.5. The first-order valence-electron chi connectivity index (χ1n) is 36.5. The van der Waals surface area contributed by atoms with Crippen molar-refractivity contribution in [2.75, 3.05) is 0 Å². The summed E-state index contributed by atoms with van der Waals surface area (Å²) in [6.07, 6.45) is 0. The number of hydrogen-bond acceptors (Lipinski definition) is 15. The molecule has 0 amide bonds. The van der Waals surface area contributed by atoms with Gasteiger partial charge in [-0.1, -0.05) is 291 Å². The van der Waals surface area contributed by atoms with E-state index in [-0.39, 0.29) is 0 Å². The zero-order chi connectivity index (χ0) is 74.7. The van der Waals surface area contributed by atoms with Crippen molar-refractivity contribution < 1.29 is 9.15 Å². The molecule has 5 aromatic heterocycles. The van der Waals surface area contributed by atoms with Crippen molar-refractivity contribution in [3.8, 4) is 188 Å². The number of hydrogen-bond donors (Lipinski definition) is 0. The molecule has 19 aromatic rings. The monoisotopic (exact) mass is 1440 g/mol. The number of rotatable bonds is 17. The van der Waals surface area contributed by atoms with Crippen LogP contribution in [0, 0.1) is 11.3 Å². The Morgan fingerprint density at radius 3 is 0.946 bits per heavy atom. The maximum Gasteiger partial charge on any atom is 0.167 e. The van der Waals surface area contributed by atoms with Crippen molar-refractivity contribution in [2.24, 2.45) is 0 Å². The van der Waals surface area contributed by atoms with Crippen LogP contribution < -0.4 is 4.74 Å². The zero-order valence-electron chi connectivity index (χ0n) is 59.7. The Labute approximate surface area is 643 Å². The maximum atomic E-state index is 10.8. The molecule has 0 atom stereocenters. The summed E-state index contributed by atoms with van der Waals surface area (Å²) < 4.78 is 13.4. The zero-order valence-corrected chi connectivity index (χ0v) is 59.7. The topological polar surface area (TPSA) is 201 Å². The Bertz CT molecular complexity index is 6680. The van der Waals surface area contributed by atoms with Crippen molar-refractivity contribution in [3.05, 3.63) is 363 Å². The van der Waals surface area contributed by atoms with Crippen LogP contribution in [-0.4, -0.2) is 59.8 Å². The van der Waals surface area contributed by atoms with E-state index in [4.69, 9.17) is 69.0 Å². The number of para-hydroxylation sites is 2. The van der Waals surface area contributed by atoms with Crippen LogP contribution in [0.5, 0.6) is 11.5 Å². The number of furan rings is 1. The minimum atomic E-state index is 0.430. The molecule has 0 aliphatic rings. The van der Waals surface area contributed by atoms with Gasteiger partial charge in [-0.2, -0.15) is 5.26 Å². The Balaban J connectivity index is 0.592. The minimum Gasteiger partial charge on any atom is -0.457 e. The third kappa shape index (κ3) is 13.6. The van der Waals surface area contributed by atoms with Gasteiger partial charge in [-0.15, -0.1) is 0 Å². The molecule has 0 unspecified atom stereocenters. The molecule has 5 heterocycles. The van der Waals surface area contributed by atoms with E-state index in [1.807, 2.05) is 309 Å². The predicted octanol–water partition coefficient (Wildman–Crippen LogP) is 23.0. The van der Waals surface area contributed by atoms with Crippen LogP contribution in [0.25, 0.3) is 192 Å². The van der Waals surface area contributed by atoms with Crippen LogP contribution >= 0.6 is 0 Å². The molecule has 524 valence electrons. The fourth-order valence-electron chi connectivity index (χ4n) is 13.7. The van der Waals surface area contributed by atoms with E-state index in [1.165, 1.54) is 0 Å². The lowest BCUT2D eigenvalue weighted by molar-refractivity contribution is 0.484. The second kappa shape index (κ2) is 29.5. The Morgan fingerprint density at radius 1 is 0.214 bits per heavy atom. The summed E-state index contributed by atoms with van der Waals surface area (Å²) in [5.74, 6) is 7.34. The molecule has 14 aromatic carbocycles. The molecule has 0 saturated heterocycles. The number of nitriles is 1. The molecule has 0 bridgehead atoms. The Kier molecular flexibility index (Phi) is 17.6. The molecule has 0 spiro atoms. The number of fused-ring (bicyclic) bond motifs is 3. The summed E-state index contributed by atoms with van der Waals surface area (Å²) in [6.45, 7) is 0. The van der Waals surface area contributed by atoms with Gasteiger partial charge in [0.25, 0.3) is 0 Å². The van der Waals surface area contributed by atoms with Gasteiger partial charge in [0.15, 0.2) is 69.9 Å². The predicted molar refractivity (Wildman–Crippen MR) is 440 cm³/mol. The average molecular weight is 1440 g/mol. The fraction of sp³-hybridized carbons (Fsp3) is 0. The van der Waals surface area contributed by atoms with Crippen LogP contribution in [0.15, 0.2) is 362 Å². The highest BCUT2D eigenvalue weighted by Crippen LogP contribution is 2.41. The summed E-state index contributed by atoms with van der Waals surface area (Å²) >= 11 is 0. The van der Waals surface area contributed by atoms with E-state index >= 15 is 0 Å². The van der Waals surface area contributed by atoms with Crippen LogP contribution in [0.3, 0.4) is 0 Å². The fourth-order valence-corrected chi connectivity index (χ4v) is 13.7. The van der Waals surface area contributed by atoms with Gasteiger partial charge in [0.1, 0.15) is 22.7 Å². The third-order valence-corrected chi connectivity index (χ3v) is 19.5.